The van der Waals surface area contributed by atoms with E-state index in [4.69, 9.17) is 13.9 Å². The van der Waals surface area contributed by atoms with E-state index >= 15 is 0 Å². The van der Waals surface area contributed by atoms with E-state index in [2.05, 4.69) is 0 Å². The van der Waals surface area contributed by atoms with Crippen LogP contribution in [0.25, 0.3) is 0 Å². The van der Waals surface area contributed by atoms with Crippen LogP contribution in [0.1, 0.15) is 19.3 Å². The molecule has 0 saturated carbocycles. The molecule has 0 N–H and O–H groups in total. The van der Waals surface area contributed by atoms with Gasteiger partial charge in [0.05, 0.1) is 12.9 Å². The van der Waals surface area contributed by atoms with E-state index < -0.39 is 0 Å². The molecule has 2 heterocycles. The molecular formula is C9H12O3. The van der Waals surface area contributed by atoms with Gasteiger partial charge >= 0.3 is 0 Å². The van der Waals surface area contributed by atoms with Crippen molar-refractivity contribution >= 4 is 0 Å². The summed E-state index contributed by atoms with van der Waals surface area (Å²) in [5, 5.41) is 0. The zero-order valence-electron chi connectivity index (χ0n) is 6.86. The second-order valence-corrected chi connectivity index (χ2v) is 2.85. The smallest absolute Gasteiger partial charge is 0.286 e. The summed E-state index contributed by atoms with van der Waals surface area (Å²) in [6, 6.07) is 3.59. The van der Waals surface area contributed by atoms with Crippen molar-refractivity contribution < 1.29 is 13.9 Å². The molecule has 1 atom stereocenters. The molecule has 1 saturated heterocycles. The lowest BCUT2D eigenvalue weighted by molar-refractivity contribution is -0.114. The van der Waals surface area contributed by atoms with E-state index in [9.17, 15) is 0 Å². The quantitative estimate of drug-likeness (QED) is 0.678. The van der Waals surface area contributed by atoms with Gasteiger partial charge in [0.1, 0.15) is 0 Å². The van der Waals surface area contributed by atoms with Gasteiger partial charge in [0.25, 0.3) is 5.95 Å². The molecule has 0 aliphatic carbocycles. The summed E-state index contributed by atoms with van der Waals surface area (Å²) in [7, 11) is 0. The summed E-state index contributed by atoms with van der Waals surface area (Å²) in [6.45, 7) is 0.797. The molecule has 1 fully saturated rings. The van der Waals surface area contributed by atoms with Crippen LogP contribution in [0.15, 0.2) is 22.8 Å². The molecule has 3 heteroatoms. The number of hydrogen-bond acceptors (Lipinski definition) is 3. The van der Waals surface area contributed by atoms with Gasteiger partial charge in [0.2, 0.25) is 6.29 Å². The minimum Gasteiger partial charge on any atom is -0.435 e. The molecule has 0 bridgehead atoms. The molecule has 0 spiro atoms. The summed E-state index contributed by atoms with van der Waals surface area (Å²) in [5.74, 6) is 0.543. The normalized spacial score (nSPS) is 23.8. The van der Waals surface area contributed by atoms with Crippen molar-refractivity contribution in [1.29, 1.82) is 0 Å². The van der Waals surface area contributed by atoms with Gasteiger partial charge in [-0.15, -0.1) is 0 Å². The molecule has 0 radical (unpaired) electrons. The topological polar surface area (TPSA) is 31.6 Å². The molecule has 2 rings (SSSR count). The van der Waals surface area contributed by atoms with Crippen LogP contribution < -0.4 is 4.74 Å². The van der Waals surface area contributed by atoms with Crippen LogP contribution in [0.5, 0.6) is 5.95 Å². The van der Waals surface area contributed by atoms with Gasteiger partial charge < -0.3 is 13.9 Å². The molecule has 1 aromatic rings. The van der Waals surface area contributed by atoms with E-state index in [1.54, 1.807) is 18.4 Å². The molecule has 1 unspecified atom stereocenters. The molecule has 1 aromatic heterocycles. The fourth-order valence-corrected chi connectivity index (χ4v) is 1.26. The first-order valence-electron chi connectivity index (χ1n) is 4.27. The van der Waals surface area contributed by atoms with Crippen molar-refractivity contribution in [2.45, 2.75) is 25.6 Å². The number of hydrogen-bond donors (Lipinski definition) is 0. The Morgan fingerprint density at radius 1 is 1.42 bits per heavy atom. The van der Waals surface area contributed by atoms with Crippen LogP contribution in [0.3, 0.4) is 0 Å². The number of furan rings is 1. The van der Waals surface area contributed by atoms with Crippen molar-refractivity contribution in [3.8, 4) is 5.95 Å². The average molecular weight is 168 g/mol. The molecule has 1 aliphatic heterocycles. The van der Waals surface area contributed by atoms with Crippen molar-refractivity contribution in [3.63, 3.8) is 0 Å². The summed E-state index contributed by atoms with van der Waals surface area (Å²) in [5.41, 5.74) is 0. The SMILES string of the molecule is c1coc(OC2CCCCO2)c1. The monoisotopic (exact) mass is 168 g/mol. The van der Waals surface area contributed by atoms with Crippen molar-refractivity contribution in [2.24, 2.45) is 0 Å². The Morgan fingerprint density at radius 2 is 2.42 bits per heavy atom. The van der Waals surface area contributed by atoms with Crippen molar-refractivity contribution in [3.05, 3.63) is 18.4 Å². The molecule has 1 aliphatic rings. The van der Waals surface area contributed by atoms with Gasteiger partial charge in [-0.1, -0.05) is 0 Å². The van der Waals surface area contributed by atoms with Crippen LogP contribution in [-0.4, -0.2) is 12.9 Å². The van der Waals surface area contributed by atoms with Gasteiger partial charge in [0, 0.05) is 12.5 Å². The molecule has 0 aromatic carbocycles. The molecule has 66 valence electrons. The third-order valence-corrected chi connectivity index (χ3v) is 1.88. The maximum absolute atomic E-state index is 5.41. The van der Waals surface area contributed by atoms with Crippen molar-refractivity contribution in [1.82, 2.24) is 0 Å². The highest BCUT2D eigenvalue weighted by Crippen LogP contribution is 2.18. The first-order chi connectivity index (χ1) is 5.95. The van der Waals surface area contributed by atoms with Gasteiger partial charge in [0.15, 0.2) is 0 Å². The molecule has 3 nitrogen and oxygen atoms in total. The molecule has 0 amide bonds. The van der Waals surface area contributed by atoms with Crippen LogP contribution in [0.4, 0.5) is 0 Å². The highest BCUT2D eigenvalue weighted by atomic mass is 16.7. The Kier molecular flexibility index (Phi) is 2.32. The van der Waals surface area contributed by atoms with Gasteiger partial charge in [-0.2, -0.15) is 0 Å². The first-order valence-corrected chi connectivity index (χ1v) is 4.27. The van der Waals surface area contributed by atoms with Crippen molar-refractivity contribution in [2.75, 3.05) is 6.61 Å². The maximum Gasteiger partial charge on any atom is 0.286 e. The van der Waals surface area contributed by atoms with Gasteiger partial charge in [-0.3, -0.25) is 0 Å². The van der Waals surface area contributed by atoms with Crippen LogP contribution in [0, 0.1) is 0 Å². The fraction of sp³-hybridized carbons (Fsp3) is 0.556. The predicted octanol–water partition coefficient (Wildman–Crippen LogP) is 2.18. The Labute approximate surface area is 71.3 Å². The highest BCUT2D eigenvalue weighted by molar-refractivity contribution is 5.04. The zero-order chi connectivity index (χ0) is 8.23. The summed E-state index contributed by atoms with van der Waals surface area (Å²) in [4.78, 5) is 0. The summed E-state index contributed by atoms with van der Waals surface area (Å²) >= 11 is 0. The number of rotatable bonds is 2. The minimum absolute atomic E-state index is 0.107. The largest absolute Gasteiger partial charge is 0.435 e. The Balaban J connectivity index is 1.86. The van der Waals surface area contributed by atoms with E-state index in [0.717, 1.165) is 19.4 Å². The van der Waals surface area contributed by atoms with E-state index in [-0.39, 0.29) is 6.29 Å². The lowest BCUT2D eigenvalue weighted by Crippen LogP contribution is -2.24. The first kappa shape index (κ1) is 7.68. The van der Waals surface area contributed by atoms with Crippen LogP contribution >= 0.6 is 0 Å². The molecular weight excluding hydrogens is 156 g/mol. The maximum atomic E-state index is 5.41. The predicted molar refractivity (Wildman–Crippen MR) is 42.9 cm³/mol. The Bertz CT molecular complexity index is 212. The van der Waals surface area contributed by atoms with E-state index in [1.165, 1.54) is 6.42 Å². The lowest BCUT2D eigenvalue weighted by Gasteiger charge is -2.21. The van der Waals surface area contributed by atoms with E-state index in [1.807, 2.05) is 0 Å². The second-order valence-electron chi connectivity index (χ2n) is 2.85. The molecule has 12 heavy (non-hydrogen) atoms. The standard InChI is InChI=1S/C9H12O3/c1-2-6-10-8(4-1)12-9-5-3-7-11-9/h3,5,7-8H,1-2,4,6H2. The van der Waals surface area contributed by atoms with Gasteiger partial charge in [-0.05, 0) is 18.9 Å². The summed E-state index contributed by atoms with van der Waals surface area (Å²) < 4.78 is 15.8. The Morgan fingerprint density at radius 3 is 3.08 bits per heavy atom. The highest BCUT2D eigenvalue weighted by Gasteiger charge is 2.15. The average Bonchev–Trinajstić information content (AvgIpc) is 2.59. The fourth-order valence-electron chi connectivity index (χ4n) is 1.26. The zero-order valence-corrected chi connectivity index (χ0v) is 6.86. The van der Waals surface area contributed by atoms with Crippen LogP contribution in [0.2, 0.25) is 0 Å². The third-order valence-electron chi connectivity index (χ3n) is 1.88. The summed E-state index contributed by atoms with van der Waals surface area (Å²) in [6.07, 6.45) is 4.76. The van der Waals surface area contributed by atoms with Crippen LogP contribution in [-0.2, 0) is 4.74 Å². The lowest BCUT2D eigenvalue weighted by atomic mass is 10.2. The second kappa shape index (κ2) is 3.63. The Hall–Kier alpha value is -0.960. The minimum atomic E-state index is -0.107. The van der Waals surface area contributed by atoms with Gasteiger partial charge in [-0.25, -0.2) is 0 Å². The van der Waals surface area contributed by atoms with E-state index in [0.29, 0.717) is 5.95 Å². The third kappa shape index (κ3) is 1.80. The number of ether oxygens (including phenoxy) is 2.